The van der Waals surface area contributed by atoms with E-state index in [0.29, 0.717) is 0 Å². The third-order valence-corrected chi connectivity index (χ3v) is 3.41. The first-order chi connectivity index (χ1) is 8.43. The number of hydrogen-bond acceptors (Lipinski definition) is 3. The molecule has 1 amide bonds. The summed E-state index contributed by atoms with van der Waals surface area (Å²) in [6, 6.07) is 0. The zero-order valence-electron chi connectivity index (χ0n) is 11.5. The van der Waals surface area contributed by atoms with Crippen LogP contribution in [-0.4, -0.2) is 47.6 Å². The second-order valence-electron chi connectivity index (χ2n) is 6.07. The van der Waals surface area contributed by atoms with E-state index < -0.39 is 42.4 Å². The van der Waals surface area contributed by atoms with Crippen LogP contribution >= 0.6 is 0 Å². The molecule has 0 saturated carbocycles. The summed E-state index contributed by atoms with van der Waals surface area (Å²) in [5.74, 6) is -0.870. The molecule has 0 aromatic rings. The van der Waals surface area contributed by atoms with Gasteiger partial charge in [0.15, 0.2) is 0 Å². The number of carbonyl (C=O) groups is 1. The molecule has 112 valence electrons. The number of alkyl halides is 3. The van der Waals surface area contributed by atoms with Gasteiger partial charge in [-0.15, -0.1) is 0 Å². The second kappa shape index (κ2) is 4.85. The maximum Gasteiger partial charge on any atom is 0.410 e. The molecule has 0 aromatic carbocycles. The number of nitrogens with zero attached hydrogens (tertiary/aromatic N) is 1. The minimum Gasteiger partial charge on any atom is -0.444 e. The number of aliphatic hydroxyl groups is 1. The van der Waals surface area contributed by atoms with E-state index in [-0.39, 0.29) is 6.54 Å². The summed E-state index contributed by atoms with van der Waals surface area (Å²) in [5, 5.41) is 9.16. The lowest BCUT2D eigenvalue weighted by Gasteiger charge is -2.33. The van der Waals surface area contributed by atoms with Crippen molar-refractivity contribution in [3.8, 4) is 0 Å². The van der Waals surface area contributed by atoms with Gasteiger partial charge in [0.2, 0.25) is 0 Å². The highest BCUT2D eigenvalue weighted by Gasteiger charge is 2.62. The molecule has 1 saturated heterocycles. The molecule has 0 aliphatic carbocycles. The Labute approximate surface area is 110 Å². The number of ether oxygens (including phenoxy) is 1. The molecule has 0 unspecified atom stereocenters. The fraction of sp³-hybridized carbons (Fsp3) is 0.917. The number of halogens is 3. The smallest absolute Gasteiger partial charge is 0.410 e. The summed E-state index contributed by atoms with van der Waals surface area (Å²) in [5.41, 5.74) is -3.02. The zero-order valence-corrected chi connectivity index (χ0v) is 11.5. The van der Waals surface area contributed by atoms with Crippen LogP contribution in [0, 0.1) is 11.3 Å². The predicted octanol–water partition coefficient (Wildman–Crippen LogP) is 2.41. The molecule has 0 aromatic heterocycles. The number of carbonyl (C=O) groups excluding carboxylic acids is 1. The standard InChI is InChI=1S/C12H20F3NO3/c1-8-5-16(9(18)19-10(2,3)4)6-11(8,7-17)12(13,14)15/h8,17H,5-7H2,1-4H3/t8-,11+/m1/s1. The van der Waals surface area contributed by atoms with Gasteiger partial charge in [-0.05, 0) is 26.7 Å². The van der Waals surface area contributed by atoms with E-state index in [1.165, 1.54) is 6.92 Å². The molecule has 19 heavy (non-hydrogen) atoms. The van der Waals surface area contributed by atoms with Crippen LogP contribution in [0.3, 0.4) is 0 Å². The molecule has 2 atom stereocenters. The van der Waals surface area contributed by atoms with E-state index in [4.69, 9.17) is 9.84 Å². The van der Waals surface area contributed by atoms with Gasteiger partial charge in [0, 0.05) is 13.1 Å². The Morgan fingerprint density at radius 3 is 2.26 bits per heavy atom. The first kappa shape index (κ1) is 16.1. The van der Waals surface area contributed by atoms with Gasteiger partial charge in [-0.2, -0.15) is 13.2 Å². The van der Waals surface area contributed by atoms with Crippen molar-refractivity contribution < 1.29 is 27.8 Å². The monoisotopic (exact) mass is 283 g/mol. The Hall–Kier alpha value is -0.980. The Balaban J connectivity index is 2.88. The lowest BCUT2D eigenvalue weighted by Crippen LogP contribution is -2.47. The largest absolute Gasteiger partial charge is 0.444 e. The molecule has 0 radical (unpaired) electrons. The zero-order chi connectivity index (χ0) is 15.1. The minimum absolute atomic E-state index is 0.0744. The van der Waals surface area contributed by atoms with Crippen LogP contribution < -0.4 is 0 Å². The number of aliphatic hydroxyl groups excluding tert-OH is 1. The van der Waals surface area contributed by atoms with Crippen LogP contribution in [0.5, 0.6) is 0 Å². The van der Waals surface area contributed by atoms with Crippen molar-refractivity contribution in [1.29, 1.82) is 0 Å². The molecule has 1 aliphatic rings. The highest BCUT2D eigenvalue weighted by molar-refractivity contribution is 5.68. The lowest BCUT2D eigenvalue weighted by atomic mass is 9.79. The molecule has 1 fully saturated rings. The quantitative estimate of drug-likeness (QED) is 0.804. The van der Waals surface area contributed by atoms with E-state index in [2.05, 4.69) is 0 Å². The Morgan fingerprint density at radius 2 is 1.95 bits per heavy atom. The van der Waals surface area contributed by atoms with Crippen molar-refractivity contribution in [3.63, 3.8) is 0 Å². The summed E-state index contributed by atoms with van der Waals surface area (Å²) in [6.07, 6.45) is -5.34. The summed E-state index contributed by atoms with van der Waals surface area (Å²) in [4.78, 5) is 12.8. The fourth-order valence-corrected chi connectivity index (χ4v) is 2.20. The average Bonchev–Trinajstić information content (AvgIpc) is 2.53. The fourth-order valence-electron chi connectivity index (χ4n) is 2.20. The molecule has 1 aliphatic heterocycles. The molecular formula is C12H20F3NO3. The molecule has 7 heteroatoms. The Morgan fingerprint density at radius 1 is 1.42 bits per heavy atom. The van der Waals surface area contributed by atoms with E-state index in [1.54, 1.807) is 20.8 Å². The first-order valence-corrected chi connectivity index (χ1v) is 6.08. The molecule has 1 N–H and O–H groups in total. The topological polar surface area (TPSA) is 49.8 Å². The maximum absolute atomic E-state index is 13.1. The molecule has 1 heterocycles. The van der Waals surface area contributed by atoms with Gasteiger partial charge >= 0.3 is 12.3 Å². The molecule has 0 spiro atoms. The van der Waals surface area contributed by atoms with Gasteiger partial charge in [0.25, 0.3) is 0 Å². The molecule has 0 bridgehead atoms. The molecular weight excluding hydrogens is 263 g/mol. The SMILES string of the molecule is C[C@@H]1CN(C(=O)OC(C)(C)C)C[C@@]1(CO)C(F)(F)F. The van der Waals surface area contributed by atoms with Gasteiger partial charge in [-0.3, -0.25) is 0 Å². The normalized spacial score (nSPS) is 28.6. The summed E-state index contributed by atoms with van der Waals surface area (Å²) >= 11 is 0. The highest BCUT2D eigenvalue weighted by atomic mass is 19.4. The van der Waals surface area contributed by atoms with Crippen LogP contribution in [0.4, 0.5) is 18.0 Å². The lowest BCUT2D eigenvalue weighted by molar-refractivity contribution is -0.241. The van der Waals surface area contributed by atoms with Crippen LogP contribution in [0.25, 0.3) is 0 Å². The van der Waals surface area contributed by atoms with Crippen LogP contribution in [0.15, 0.2) is 0 Å². The van der Waals surface area contributed by atoms with Crippen molar-refractivity contribution >= 4 is 6.09 Å². The van der Waals surface area contributed by atoms with Gasteiger partial charge in [0.05, 0.1) is 6.61 Å². The van der Waals surface area contributed by atoms with Crippen LogP contribution in [0.1, 0.15) is 27.7 Å². The second-order valence-corrected chi connectivity index (χ2v) is 6.07. The number of hydrogen-bond donors (Lipinski definition) is 1. The number of likely N-dealkylation sites (tertiary alicyclic amines) is 1. The highest BCUT2D eigenvalue weighted by Crippen LogP contribution is 2.48. The van der Waals surface area contributed by atoms with Gasteiger partial charge < -0.3 is 14.7 Å². The molecule has 4 nitrogen and oxygen atoms in total. The maximum atomic E-state index is 13.1. The number of amides is 1. The first-order valence-electron chi connectivity index (χ1n) is 6.08. The number of rotatable bonds is 1. The minimum atomic E-state index is -4.56. The summed E-state index contributed by atoms with van der Waals surface area (Å²) < 4.78 is 44.4. The predicted molar refractivity (Wildman–Crippen MR) is 62.5 cm³/mol. The van der Waals surface area contributed by atoms with Crippen molar-refractivity contribution in [1.82, 2.24) is 4.90 Å². The van der Waals surface area contributed by atoms with Crippen molar-refractivity contribution in [2.75, 3.05) is 19.7 Å². The van der Waals surface area contributed by atoms with Gasteiger partial charge in [0.1, 0.15) is 11.0 Å². The van der Waals surface area contributed by atoms with Crippen LogP contribution in [-0.2, 0) is 4.74 Å². The van der Waals surface area contributed by atoms with Gasteiger partial charge in [-0.1, -0.05) is 6.92 Å². The van der Waals surface area contributed by atoms with E-state index in [0.717, 1.165) is 4.90 Å². The Kier molecular flexibility index (Phi) is 4.10. The van der Waals surface area contributed by atoms with Gasteiger partial charge in [-0.25, -0.2) is 4.79 Å². The molecule has 1 rings (SSSR count). The third kappa shape index (κ3) is 3.13. The van der Waals surface area contributed by atoms with Crippen molar-refractivity contribution in [2.24, 2.45) is 11.3 Å². The van der Waals surface area contributed by atoms with E-state index in [1.807, 2.05) is 0 Å². The average molecular weight is 283 g/mol. The van der Waals surface area contributed by atoms with E-state index >= 15 is 0 Å². The Bertz CT molecular complexity index is 351. The third-order valence-electron chi connectivity index (χ3n) is 3.41. The van der Waals surface area contributed by atoms with E-state index in [9.17, 15) is 18.0 Å². The summed E-state index contributed by atoms with van der Waals surface area (Å²) in [6.45, 7) is 4.65. The summed E-state index contributed by atoms with van der Waals surface area (Å²) in [7, 11) is 0. The van der Waals surface area contributed by atoms with Crippen molar-refractivity contribution in [3.05, 3.63) is 0 Å². The van der Waals surface area contributed by atoms with Crippen LogP contribution in [0.2, 0.25) is 0 Å². The van der Waals surface area contributed by atoms with Crippen molar-refractivity contribution in [2.45, 2.75) is 39.5 Å².